The highest BCUT2D eigenvalue weighted by Crippen LogP contribution is 2.35. The SMILES string of the molecule is CCOC(=O)c1cnc2c(OC)cccc2c1N1CCN(c2ccccc2)CC1. The summed E-state index contributed by atoms with van der Waals surface area (Å²) in [6.45, 7) is 5.50. The van der Waals surface area contributed by atoms with E-state index in [2.05, 4.69) is 39.0 Å². The first-order chi connectivity index (χ1) is 14.2. The molecule has 0 aliphatic carbocycles. The summed E-state index contributed by atoms with van der Waals surface area (Å²) in [6.07, 6.45) is 1.61. The number of benzene rings is 2. The fourth-order valence-electron chi connectivity index (χ4n) is 3.87. The second-order valence-corrected chi connectivity index (χ2v) is 6.91. The summed E-state index contributed by atoms with van der Waals surface area (Å²) in [6, 6.07) is 16.2. The molecule has 2 aromatic carbocycles. The van der Waals surface area contributed by atoms with Gasteiger partial charge in [-0.1, -0.05) is 30.3 Å². The van der Waals surface area contributed by atoms with Crippen LogP contribution in [-0.4, -0.2) is 50.8 Å². The molecular weight excluding hydrogens is 366 g/mol. The number of rotatable bonds is 5. The van der Waals surface area contributed by atoms with Gasteiger partial charge in [0.25, 0.3) is 0 Å². The first kappa shape index (κ1) is 19.1. The van der Waals surface area contributed by atoms with E-state index in [0.29, 0.717) is 17.9 Å². The fourth-order valence-corrected chi connectivity index (χ4v) is 3.87. The van der Waals surface area contributed by atoms with Gasteiger partial charge in [0.2, 0.25) is 0 Å². The highest BCUT2D eigenvalue weighted by molar-refractivity contribution is 6.06. The summed E-state index contributed by atoms with van der Waals surface area (Å²) in [5, 5.41) is 0.906. The van der Waals surface area contributed by atoms with Gasteiger partial charge in [-0.15, -0.1) is 0 Å². The number of nitrogens with zero attached hydrogens (tertiary/aromatic N) is 3. The lowest BCUT2D eigenvalue weighted by atomic mass is 10.1. The molecule has 1 aromatic heterocycles. The molecular formula is C23H25N3O3. The number of pyridine rings is 1. The molecule has 4 rings (SSSR count). The summed E-state index contributed by atoms with van der Waals surface area (Å²) >= 11 is 0. The van der Waals surface area contributed by atoms with E-state index < -0.39 is 0 Å². The Morgan fingerprint density at radius 2 is 1.72 bits per heavy atom. The Morgan fingerprint density at radius 1 is 1.00 bits per heavy atom. The molecule has 0 radical (unpaired) electrons. The summed E-state index contributed by atoms with van der Waals surface area (Å²) in [5.41, 5.74) is 3.35. The predicted octanol–water partition coefficient (Wildman–Crippen LogP) is 3.75. The third-order valence-electron chi connectivity index (χ3n) is 5.26. The number of para-hydroxylation sites is 2. The van der Waals surface area contributed by atoms with Crippen molar-refractivity contribution in [3.63, 3.8) is 0 Å². The van der Waals surface area contributed by atoms with Crippen molar-refractivity contribution in [1.82, 2.24) is 4.98 Å². The fraction of sp³-hybridized carbons (Fsp3) is 0.304. The van der Waals surface area contributed by atoms with Crippen molar-refractivity contribution in [3.8, 4) is 5.75 Å². The molecule has 0 unspecified atom stereocenters. The predicted molar refractivity (Wildman–Crippen MR) is 115 cm³/mol. The van der Waals surface area contributed by atoms with E-state index in [9.17, 15) is 4.79 Å². The number of fused-ring (bicyclic) bond motifs is 1. The van der Waals surface area contributed by atoms with Gasteiger partial charge >= 0.3 is 5.97 Å². The minimum Gasteiger partial charge on any atom is -0.494 e. The van der Waals surface area contributed by atoms with Gasteiger partial charge in [-0.25, -0.2) is 4.79 Å². The maximum absolute atomic E-state index is 12.7. The maximum Gasteiger partial charge on any atom is 0.341 e. The van der Waals surface area contributed by atoms with Crippen LogP contribution in [0.2, 0.25) is 0 Å². The van der Waals surface area contributed by atoms with Crippen molar-refractivity contribution in [2.75, 3.05) is 49.7 Å². The zero-order valence-corrected chi connectivity index (χ0v) is 16.8. The van der Waals surface area contributed by atoms with Crippen LogP contribution >= 0.6 is 0 Å². The van der Waals surface area contributed by atoms with Crippen LogP contribution in [0.4, 0.5) is 11.4 Å². The van der Waals surface area contributed by atoms with Crippen molar-refractivity contribution >= 4 is 28.2 Å². The van der Waals surface area contributed by atoms with Crippen LogP contribution < -0.4 is 14.5 Å². The van der Waals surface area contributed by atoms with E-state index in [1.807, 2.05) is 31.2 Å². The van der Waals surface area contributed by atoms with E-state index in [1.165, 1.54) is 5.69 Å². The van der Waals surface area contributed by atoms with Crippen LogP contribution in [0.1, 0.15) is 17.3 Å². The lowest BCUT2D eigenvalue weighted by molar-refractivity contribution is 0.0526. The third-order valence-corrected chi connectivity index (χ3v) is 5.26. The van der Waals surface area contributed by atoms with Gasteiger partial charge in [0.15, 0.2) is 0 Å². The minimum atomic E-state index is -0.342. The van der Waals surface area contributed by atoms with Gasteiger partial charge in [0.05, 0.1) is 19.4 Å². The normalized spacial score (nSPS) is 14.1. The Morgan fingerprint density at radius 3 is 2.41 bits per heavy atom. The second kappa shape index (κ2) is 8.39. The largest absolute Gasteiger partial charge is 0.494 e. The summed E-state index contributed by atoms with van der Waals surface area (Å²) in [7, 11) is 1.63. The van der Waals surface area contributed by atoms with Gasteiger partial charge in [-0.05, 0) is 25.1 Å². The molecule has 6 nitrogen and oxygen atoms in total. The monoisotopic (exact) mass is 391 g/mol. The van der Waals surface area contributed by atoms with E-state index in [0.717, 1.165) is 42.8 Å². The quantitative estimate of drug-likeness (QED) is 0.618. The Bertz CT molecular complexity index is 999. The van der Waals surface area contributed by atoms with E-state index in [1.54, 1.807) is 13.3 Å². The number of carbonyl (C=O) groups excluding carboxylic acids is 1. The summed E-state index contributed by atoms with van der Waals surface area (Å²) in [4.78, 5) is 21.8. The molecule has 1 aliphatic heterocycles. The molecule has 0 atom stereocenters. The van der Waals surface area contributed by atoms with Crippen LogP contribution in [0.5, 0.6) is 5.75 Å². The number of ether oxygens (including phenoxy) is 2. The third kappa shape index (κ3) is 3.70. The first-order valence-corrected chi connectivity index (χ1v) is 9.90. The highest BCUT2D eigenvalue weighted by Gasteiger charge is 2.25. The van der Waals surface area contributed by atoms with Gasteiger partial charge < -0.3 is 19.3 Å². The van der Waals surface area contributed by atoms with Crippen molar-refractivity contribution < 1.29 is 14.3 Å². The van der Waals surface area contributed by atoms with E-state index >= 15 is 0 Å². The van der Waals surface area contributed by atoms with Crippen LogP contribution in [0, 0.1) is 0 Å². The second-order valence-electron chi connectivity index (χ2n) is 6.91. The lowest BCUT2D eigenvalue weighted by Gasteiger charge is -2.38. The number of methoxy groups -OCH3 is 1. The maximum atomic E-state index is 12.7. The molecule has 0 saturated carbocycles. The lowest BCUT2D eigenvalue weighted by Crippen LogP contribution is -2.47. The number of hydrogen-bond donors (Lipinski definition) is 0. The summed E-state index contributed by atoms with van der Waals surface area (Å²) < 4.78 is 10.8. The number of esters is 1. The number of carbonyl (C=O) groups is 1. The number of aromatic nitrogens is 1. The molecule has 2 heterocycles. The van der Waals surface area contributed by atoms with Gasteiger partial charge in [-0.2, -0.15) is 0 Å². The van der Waals surface area contributed by atoms with Crippen LogP contribution in [0.15, 0.2) is 54.7 Å². The minimum absolute atomic E-state index is 0.330. The molecule has 1 saturated heterocycles. The Balaban J connectivity index is 1.71. The molecule has 0 bridgehead atoms. The molecule has 1 aliphatic rings. The van der Waals surface area contributed by atoms with Gasteiger partial charge in [-0.3, -0.25) is 4.98 Å². The standard InChI is InChI=1S/C23H25N3O3/c1-3-29-23(27)19-16-24-21-18(10-7-11-20(21)28-2)22(19)26-14-12-25(13-15-26)17-8-5-4-6-9-17/h4-11,16H,3,12-15H2,1-2H3. The number of hydrogen-bond acceptors (Lipinski definition) is 6. The van der Waals surface area contributed by atoms with Crippen molar-refractivity contribution in [1.29, 1.82) is 0 Å². The van der Waals surface area contributed by atoms with Crippen LogP contribution in [0.3, 0.4) is 0 Å². The molecule has 150 valence electrons. The topological polar surface area (TPSA) is 54.9 Å². The van der Waals surface area contributed by atoms with E-state index in [4.69, 9.17) is 9.47 Å². The average molecular weight is 391 g/mol. The molecule has 0 amide bonds. The van der Waals surface area contributed by atoms with Gasteiger partial charge in [0.1, 0.15) is 16.8 Å². The molecule has 29 heavy (non-hydrogen) atoms. The smallest absolute Gasteiger partial charge is 0.341 e. The van der Waals surface area contributed by atoms with Crippen LogP contribution in [-0.2, 0) is 4.74 Å². The van der Waals surface area contributed by atoms with Gasteiger partial charge in [0, 0.05) is 43.4 Å². The zero-order valence-electron chi connectivity index (χ0n) is 16.8. The zero-order chi connectivity index (χ0) is 20.2. The van der Waals surface area contributed by atoms with Crippen LogP contribution in [0.25, 0.3) is 10.9 Å². The van der Waals surface area contributed by atoms with Crippen molar-refractivity contribution in [3.05, 3.63) is 60.3 Å². The average Bonchev–Trinajstić information content (AvgIpc) is 2.78. The number of piperazine rings is 1. The molecule has 0 spiro atoms. The number of anilines is 2. The highest BCUT2D eigenvalue weighted by atomic mass is 16.5. The Hall–Kier alpha value is -3.28. The Kier molecular flexibility index (Phi) is 5.51. The van der Waals surface area contributed by atoms with E-state index in [-0.39, 0.29) is 5.97 Å². The van der Waals surface area contributed by atoms with Crippen molar-refractivity contribution in [2.24, 2.45) is 0 Å². The molecule has 1 fully saturated rings. The first-order valence-electron chi connectivity index (χ1n) is 9.90. The molecule has 0 N–H and O–H groups in total. The Labute approximate surface area is 170 Å². The molecule has 6 heteroatoms. The molecule has 3 aromatic rings. The van der Waals surface area contributed by atoms with Crippen molar-refractivity contribution in [2.45, 2.75) is 6.92 Å². The summed E-state index contributed by atoms with van der Waals surface area (Å²) in [5.74, 6) is 0.354.